The molecule has 1 aliphatic heterocycles. The van der Waals surface area contributed by atoms with E-state index in [4.69, 9.17) is 4.74 Å². The van der Waals surface area contributed by atoms with Crippen molar-refractivity contribution in [3.05, 3.63) is 37.1 Å². The lowest BCUT2D eigenvalue weighted by molar-refractivity contribution is 0.0410. The second-order valence-corrected chi connectivity index (χ2v) is 6.28. The van der Waals surface area contributed by atoms with Crippen LogP contribution in [0.15, 0.2) is 42.2 Å². The van der Waals surface area contributed by atoms with Crippen LogP contribution in [0.4, 0.5) is 0 Å². The molecule has 0 radical (unpaired) electrons. The van der Waals surface area contributed by atoms with Gasteiger partial charge in [-0.1, -0.05) is 23.9 Å². The first kappa shape index (κ1) is 16.2. The number of aromatic nitrogens is 4. The Labute approximate surface area is 140 Å². The molecule has 2 aromatic heterocycles. The number of nitrogens with zero attached hydrogens (tertiary/aromatic N) is 5. The highest BCUT2D eigenvalue weighted by Crippen LogP contribution is 2.22. The van der Waals surface area contributed by atoms with Crippen molar-refractivity contribution in [2.75, 3.05) is 38.6 Å². The molecule has 0 bridgehead atoms. The highest BCUT2D eigenvalue weighted by molar-refractivity contribution is 7.99. The largest absolute Gasteiger partial charge is 0.379 e. The molecule has 0 atom stereocenters. The Morgan fingerprint density at radius 1 is 1.26 bits per heavy atom. The van der Waals surface area contributed by atoms with Gasteiger partial charge in [0.15, 0.2) is 11.0 Å². The number of morpholine rings is 1. The van der Waals surface area contributed by atoms with Crippen LogP contribution in [0.5, 0.6) is 0 Å². The van der Waals surface area contributed by atoms with Crippen molar-refractivity contribution in [1.29, 1.82) is 0 Å². The fraction of sp³-hybridized carbons (Fsp3) is 0.438. The second-order valence-electron chi connectivity index (χ2n) is 5.22. The standard InChI is InChI=1S/C16H21N5OS/c1-2-7-21-15(14-5-3-4-6-17-14)18-19-16(21)23-13-10-20-8-11-22-12-9-20/h2-6H,1,7-13H2. The predicted octanol–water partition coefficient (Wildman–Crippen LogP) is 1.95. The third-order valence-electron chi connectivity index (χ3n) is 3.66. The summed E-state index contributed by atoms with van der Waals surface area (Å²) in [5, 5.41) is 9.57. The molecule has 0 aromatic carbocycles. The average Bonchev–Trinajstić information content (AvgIpc) is 3.00. The number of allylic oxidation sites excluding steroid dienone is 1. The van der Waals surface area contributed by atoms with Crippen LogP contribution in [0.25, 0.3) is 11.5 Å². The number of pyridine rings is 1. The zero-order valence-corrected chi connectivity index (χ0v) is 13.9. The molecule has 0 saturated carbocycles. The quantitative estimate of drug-likeness (QED) is 0.571. The smallest absolute Gasteiger partial charge is 0.191 e. The molecule has 7 heteroatoms. The molecular weight excluding hydrogens is 310 g/mol. The van der Waals surface area contributed by atoms with Crippen molar-refractivity contribution in [3.63, 3.8) is 0 Å². The monoisotopic (exact) mass is 331 g/mol. The van der Waals surface area contributed by atoms with E-state index in [1.165, 1.54) is 0 Å². The van der Waals surface area contributed by atoms with E-state index in [0.29, 0.717) is 6.54 Å². The van der Waals surface area contributed by atoms with Gasteiger partial charge in [0, 0.05) is 38.1 Å². The Balaban J connectivity index is 1.66. The summed E-state index contributed by atoms with van der Waals surface area (Å²) in [5.74, 6) is 1.77. The van der Waals surface area contributed by atoms with Crippen LogP contribution < -0.4 is 0 Å². The van der Waals surface area contributed by atoms with Crippen LogP contribution in [0.1, 0.15) is 0 Å². The van der Waals surface area contributed by atoms with Gasteiger partial charge in [-0.15, -0.1) is 16.8 Å². The van der Waals surface area contributed by atoms with Gasteiger partial charge in [0.25, 0.3) is 0 Å². The Bertz CT molecular complexity index is 625. The van der Waals surface area contributed by atoms with Crippen LogP contribution in [0, 0.1) is 0 Å². The zero-order chi connectivity index (χ0) is 15.9. The molecular formula is C16H21N5OS. The van der Waals surface area contributed by atoms with Crippen LogP contribution in [-0.4, -0.2) is 63.2 Å². The van der Waals surface area contributed by atoms with Crippen LogP contribution in [0.2, 0.25) is 0 Å². The van der Waals surface area contributed by atoms with E-state index in [2.05, 4.69) is 31.2 Å². The van der Waals surface area contributed by atoms with Gasteiger partial charge in [-0.3, -0.25) is 14.5 Å². The van der Waals surface area contributed by atoms with Crippen molar-refractivity contribution >= 4 is 11.8 Å². The molecule has 1 saturated heterocycles. The Morgan fingerprint density at radius 2 is 2.13 bits per heavy atom. The summed E-state index contributed by atoms with van der Waals surface area (Å²) in [7, 11) is 0. The lowest BCUT2D eigenvalue weighted by atomic mass is 10.3. The summed E-state index contributed by atoms with van der Waals surface area (Å²) in [6, 6.07) is 5.81. The van der Waals surface area contributed by atoms with Gasteiger partial charge in [0.1, 0.15) is 5.69 Å². The first-order chi connectivity index (χ1) is 11.4. The van der Waals surface area contributed by atoms with Crippen molar-refractivity contribution in [1.82, 2.24) is 24.6 Å². The maximum absolute atomic E-state index is 5.37. The molecule has 3 rings (SSSR count). The average molecular weight is 331 g/mol. The molecule has 0 amide bonds. The van der Waals surface area contributed by atoms with Gasteiger partial charge in [0.2, 0.25) is 0 Å². The molecule has 0 spiro atoms. The molecule has 1 fully saturated rings. The second kappa shape index (κ2) is 8.24. The van der Waals surface area contributed by atoms with E-state index >= 15 is 0 Å². The molecule has 122 valence electrons. The van der Waals surface area contributed by atoms with Crippen molar-refractivity contribution in [2.45, 2.75) is 11.7 Å². The van der Waals surface area contributed by atoms with Gasteiger partial charge in [0.05, 0.1) is 13.2 Å². The third kappa shape index (κ3) is 4.19. The van der Waals surface area contributed by atoms with Gasteiger partial charge in [-0.05, 0) is 12.1 Å². The van der Waals surface area contributed by atoms with Crippen LogP contribution >= 0.6 is 11.8 Å². The van der Waals surface area contributed by atoms with E-state index in [9.17, 15) is 0 Å². The highest BCUT2D eigenvalue weighted by atomic mass is 32.2. The molecule has 1 aliphatic rings. The highest BCUT2D eigenvalue weighted by Gasteiger charge is 2.15. The van der Waals surface area contributed by atoms with E-state index in [-0.39, 0.29) is 0 Å². The van der Waals surface area contributed by atoms with E-state index in [1.54, 1.807) is 18.0 Å². The molecule has 0 unspecified atom stereocenters. The Kier molecular flexibility index (Phi) is 5.79. The van der Waals surface area contributed by atoms with E-state index < -0.39 is 0 Å². The number of ether oxygens (including phenoxy) is 1. The number of hydrogen-bond acceptors (Lipinski definition) is 6. The summed E-state index contributed by atoms with van der Waals surface area (Å²) in [6.07, 6.45) is 3.63. The van der Waals surface area contributed by atoms with Crippen molar-refractivity contribution in [2.24, 2.45) is 0 Å². The summed E-state index contributed by atoms with van der Waals surface area (Å²) in [4.78, 5) is 6.79. The summed E-state index contributed by atoms with van der Waals surface area (Å²) < 4.78 is 7.44. The Hall–Kier alpha value is -1.70. The minimum Gasteiger partial charge on any atom is -0.379 e. The summed E-state index contributed by atoms with van der Waals surface area (Å²) in [5.41, 5.74) is 0.835. The molecule has 0 N–H and O–H groups in total. The SMILES string of the molecule is C=CCn1c(SCCN2CCOCC2)nnc1-c1ccccn1. The van der Waals surface area contributed by atoms with Gasteiger partial charge in [-0.2, -0.15) is 0 Å². The minimum atomic E-state index is 0.679. The summed E-state index contributed by atoms with van der Waals surface area (Å²) >= 11 is 1.73. The molecule has 0 aliphatic carbocycles. The first-order valence-corrected chi connectivity index (χ1v) is 8.75. The molecule has 2 aromatic rings. The van der Waals surface area contributed by atoms with Crippen LogP contribution in [-0.2, 0) is 11.3 Å². The van der Waals surface area contributed by atoms with Gasteiger partial charge >= 0.3 is 0 Å². The maximum atomic E-state index is 5.37. The fourth-order valence-electron chi connectivity index (χ4n) is 2.46. The zero-order valence-electron chi connectivity index (χ0n) is 13.1. The Morgan fingerprint density at radius 3 is 2.87 bits per heavy atom. The molecule has 3 heterocycles. The van der Waals surface area contributed by atoms with E-state index in [1.807, 2.05) is 24.3 Å². The predicted molar refractivity (Wildman–Crippen MR) is 91.4 cm³/mol. The topological polar surface area (TPSA) is 56.1 Å². The van der Waals surface area contributed by atoms with E-state index in [0.717, 1.165) is 55.3 Å². The first-order valence-electron chi connectivity index (χ1n) is 7.77. The van der Waals surface area contributed by atoms with Crippen LogP contribution in [0.3, 0.4) is 0 Å². The van der Waals surface area contributed by atoms with Crippen molar-refractivity contribution in [3.8, 4) is 11.5 Å². The number of hydrogen-bond donors (Lipinski definition) is 0. The van der Waals surface area contributed by atoms with Crippen molar-refractivity contribution < 1.29 is 4.74 Å². The number of rotatable bonds is 7. The molecule has 6 nitrogen and oxygen atoms in total. The third-order valence-corrected chi connectivity index (χ3v) is 4.61. The minimum absolute atomic E-state index is 0.679. The van der Waals surface area contributed by atoms with Gasteiger partial charge in [-0.25, -0.2) is 0 Å². The number of thioether (sulfide) groups is 1. The molecule has 23 heavy (non-hydrogen) atoms. The van der Waals surface area contributed by atoms with Gasteiger partial charge < -0.3 is 4.74 Å². The lowest BCUT2D eigenvalue weighted by Gasteiger charge is -2.26. The maximum Gasteiger partial charge on any atom is 0.191 e. The fourth-order valence-corrected chi connectivity index (χ4v) is 3.41. The lowest BCUT2D eigenvalue weighted by Crippen LogP contribution is -2.37. The normalized spacial score (nSPS) is 15.7. The summed E-state index contributed by atoms with van der Waals surface area (Å²) in [6.45, 7) is 9.25.